The predicted octanol–water partition coefficient (Wildman–Crippen LogP) is 2.77. The number of hydrogen-bond acceptors (Lipinski definition) is 2. The van der Waals surface area contributed by atoms with E-state index in [2.05, 4.69) is 18.7 Å². The summed E-state index contributed by atoms with van der Waals surface area (Å²) < 4.78 is 0. The molecule has 2 atom stereocenters. The summed E-state index contributed by atoms with van der Waals surface area (Å²) in [5.41, 5.74) is 6.84. The molecule has 0 aromatic carbocycles. The van der Waals surface area contributed by atoms with Gasteiger partial charge in [0.25, 0.3) is 0 Å². The maximum atomic E-state index is 6.29. The fraction of sp³-hybridized carbons (Fsp3) is 1.00. The minimum absolute atomic E-state index is 0.440. The molecule has 2 N–H and O–H groups in total. The molecule has 0 bridgehead atoms. The van der Waals surface area contributed by atoms with Crippen LogP contribution in [0, 0.1) is 5.41 Å². The number of nitrogens with two attached hydrogens (primary N) is 1. The summed E-state index contributed by atoms with van der Waals surface area (Å²) in [5.74, 6) is 0. The van der Waals surface area contributed by atoms with Crippen molar-refractivity contribution in [1.82, 2.24) is 4.90 Å². The Kier molecular flexibility index (Phi) is 3.91. The summed E-state index contributed by atoms with van der Waals surface area (Å²) in [5, 5.41) is 0. The van der Waals surface area contributed by atoms with Crippen LogP contribution >= 0.6 is 0 Å². The molecule has 94 valence electrons. The molecule has 2 aliphatic rings. The lowest BCUT2D eigenvalue weighted by molar-refractivity contribution is 0.137. The van der Waals surface area contributed by atoms with Crippen molar-refractivity contribution >= 4 is 0 Å². The van der Waals surface area contributed by atoms with Crippen molar-refractivity contribution in [2.75, 3.05) is 13.1 Å². The Balaban J connectivity index is 1.93. The summed E-state index contributed by atoms with van der Waals surface area (Å²) in [6.45, 7) is 7.38. The van der Waals surface area contributed by atoms with Gasteiger partial charge in [-0.05, 0) is 50.6 Å². The molecule has 2 unspecified atom stereocenters. The highest BCUT2D eigenvalue weighted by atomic mass is 15.2. The van der Waals surface area contributed by atoms with Crippen LogP contribution in [0.5, 0.6) is 0 Å². The standard InChI is InChI=1S/C14H28N2/c1-14(2)8-5-10-16(11-9-14)13-7-4-3-6-12(13)15/h12-13H,3-11,15H2,1-2H3. The predicted molar refractivity (Wildman–Crippen MR) is 69.4 cm³/mol. The molecule has 16 heavy (non-hydrogen) atoms. The average Bonchev–Trinajstić information content (AvgIpc) is 2.40. The highest BCUT2D eigenvalue weighted by molar-refractivity contribution is 4.88. The van der Waals surface area contributed by atoms with Crippen molar-refractivity contribution in [2.24, 2.45) is 11.1 Å². The number of likely N-dealkylation sites (tertiary alicyclic amines) is 1. The molecule has 0 amide bonds. The monoisotopic (exact) mass is 224 g/mol. The third-order valence-corrected chi connectivity index (χ3v) is 4.63. The Morgan fingerprint density at radius 1 is 1.00 bits per heavy atom. The minimum atomic E-state index is 0.440. The first-order valence-corrected chi connectivity index (χ1v) is 7.08. The van der Waals surface area contributed by atoms with Gasteiger partial charge in [0, 0.05) is 12.1 Å². The third kappa shape index (κ3) is 2.98. The first-order chi connectivity index (χ1) is 7.58. The molecule has 1 aliphatic heterocycles. The van der Waals surface area contributed by atoms with Crippen molar-refractivity contribution in [3.8, 4) is 0 Å². The molecule has 2 nitrogen and oxygen atoms in total. The second-order valence-corrected chi connectivity index (χ2v) is 6.57. The van der Waals surface area contributed by atoms with Gasteiger partial charge in [0.15, 0.2) is 0 Å². The summed E-state index contributed by atoms with van der Waals surface area (Å²) in [7, 11) is 0. The van der Waals surface area contributed by atoms with Crippen molar-refractivity contribution in [1.29, 1.82) is 0 Å². The van der Waals surface area contributed by atoms with Gasteiger partial charge >= 0.3 is 0 Å². The zero-order valence-electron chi connectivity index (χ0n) is 11.0. The summed E-state index contributed by atoms with van der Waals surface area (Å²) in [6, 6.07) is 1.12. The summed E-state index contributed by atoms with van der Waals surface area (Å²) in [6.07, 6.45) is 9.39. The molecule has 0 aromatic rings. The van der Waals surface area contributed by atoms with Gasteiger partial charge in [-0.25, -0.2) is 0 Å². The van der Waals surface area contributed by atoms with Crippen LogP contribution in [0.4, 0.5) is 0 Å². The molecule has 0 radical (unpaired) electrons. The molecule has 0 spiro atoms. The lowest BCUT2D eigenvalue weighted by Crippen LogP contribution is -2.50. The lowest BCUT2D eigenvalue weighted by atomic mass is 9.85. The maximum absolute atomic E-state index is 6.29. The van der Waals surface area contributed by atoms with Crippen LogP contribution in [0.3, 0.4) is 0 Å². The van der Waals surface area contributed by atoms with Gasteiger partial charge in [-0.1, -0.05) is 26.7 Å². The Bertz CT molecular complexity index is 225. The van der Waals surface area contributed by atoms with Crippen LogP contribution in [0.25, 0.3) is 0 Å². The van der Waals surface area contributed by atoms with Crippen LogP contribution in [-0.4, -0.2) is 30.1 Å². The van der Waals surface area contributed by atoms with E-state index < -0.39 is 0 Å². The second-order valence-electron chi connectivity index (χ2n) is 6.57. The Labute approximate surface area is 101 Å². The van der Waals surface area contributed by atoms with Gasteiger partial charge in [-0.2, -0.15) is 0 Å². The highest BCUT2D eigenvalue weighted by Crippen LogP contribution is 2.32. The van der Waals surface area contributed by atoms with E-state index in [0.717, 1.165) is 0 Å². The molecule has 1 aliphatic carbocycles. The first-order valence-electron chi connectivity index (χ1n) is 7.08. The number of hydrogen-bond donors (Lipinski definition) is 1. The normalized spacial score (nSPS) is 36.9. The smallest absolute Gasteiger partial charge is 0.0247 e. The lowest BCUT2D eigenvalue weighted by Gasteiger charge is -2.38. The molecule has 2 rings (SSSR count). The summed E-state index contributed by atoms with van der Waals surface area (Å²) in [4.78, 5) is 2.69. The second kappa shape index (κ2) is 5.05. The van der Waals surface area contributed by atoms with Gasteiger partial charge in [0.05, 0.1) is 0 Å². The topological polar surface area (TPSA) is 29.3 Å². The molecular weight excluding hydrogens is 196 g/mol. The van der Waals surface area contributed by atoms with E-state index in [9.17, 15) is 0 Å². The van der Waals surface area contributed by atoms with Crippen molar-refractivity contribution in [3.63, 3.8) is 0 Å². The van der Waals surface area contributed by atoms with E-state index in [1.165, 1.54) is 58.0 Å². The van der Waals surface area contributed by atoms with Gasteiger partial charge in [0.2, 0.25) is 0 Å². The van der Waals surface area contributed by atoms with E-state index in [1.807, 2.05) is 0 Å². The number of nitrogens with zero attached hydrogens (tertiary/aromatic N) is 1. The molecular formula is C14H28N2. The zero-order chi connectivity index (χ0) is 11.6. The van der Waals surface area contributed by atoms with Gasteiger partial charge < -0.3 is 5.73 Å². The van der Waals surface area contributed by atoms with Crippen LogP contribution < -0.4 is 5.73 Å². The highest BCUT2D eigenvalue weighted by Gasteiger charge is 2.31. The molecule has 1 heterocycles. The van der Waals surface area contributed by atoms with E-state index >= 15 is 0 Å². The van der Waals surface area contributed by atoms with E-state index in [4.69, 9.17) is 5.73 Å². The van der Waals surface area contributed by atoms with E-state index in [-0.39, 0.29) is 0 Å². The van der Waals surface area contributed by atoms with Crippen LogP contribution in [0.1, 0.15) is 58.8 Å². The zero-order valence-corrected chi connectivity index (χ0v) is 11.0. The SMILES string of the molecule is CC1(C)CCCN(C2CCCCC2N)CC1. The minimum Gasteiger partial charge on any atom is -0.326 e. The third-order valence-electron chi connectivity index (χ3n) is 4.63. The van der Waals surface area contributed by atoms with E-state index in [1.54, 1.807) is 0 Å². The van der Waals surface area contributed by atoms with Gasteiger partial charge in [-0.3, -0.25) is 4.90 Å². The van der Waals surface area contributed by atoms with Crippen LogP contribution in [-0.2, 0) is 0 Å². The van der Waals surface area contributed by atoms with E-state index in [0.29, 0.717) is 17.5 Å². The molecule has 2 heteroatoms. The van der Waals surface area contributed by atoms with Crippen molar-refractivity contribution in [2.45, 2.75) is 70.9 Å². The number of rotatable bonds is 1. The molecule has 0 aromatic heterocycles. The maximum Gasteiger partial charge on any atom is 0.0247 e. The van der Waals surface area contributed by atoms with Crippen molar-refractivity contribution < 1.29 is 0 Å². The molecule has 2 fully saturated rings. The average molecular weight is 224 g/mol. The van der Waals surface area contributed by atoms with Crippen LogP contribution in [0.15, 0.2) is 0 Å². The van der Waals surface area contributed by atoms with Gasteiger partial charge in [-0.15, -0.1) is 0 Å². The Hall–Kier alpha value is -0.0800. The quantitative estimate of drug-likeness (QED) is 0.742. The Morgan fingerprint density at radius 2 is 1.75 bits per heavy atom. The summed E-state index contributed by atoms with van der Waals surface area (Å²) >= 11 is 0. The Morgan fingerprint density at radius 3 is 2.50 bits per heavy atom. The fourth-order valence-electron chi connectivity index (χ4n) is 3.37. The van der Waals surface area contributed by atoms with Gasteiger partial charge in [0.1, 0.15) is 0 Å². The molecule has 1 saturated carbocycles. The van der Waals surface area contributed by atoms with Crippen molar-refractivity contribution in [3.05, 3.63) is 0 Å². The van der Waals surface area contributed by atoms with Crippen LogP contribution in [0.2, 0.25) is 0 Å². The molecule has 1 saturated heterocycles. The largest absolute Gasteiger partial charge is 0.326 e. The fourth-order valence-corrected chi connectivity index (χ4v) is 3.37. The first kappa shape index (κ1) is 12.4.